The van der Waals surface area contributed by atoms with Gasteiger partial charge in [-0.15, -0.1) is 0 Å². The van der Waals surface area contributed by atoms with Gasteiger partial charge < -0.3 is 9.64 Å². The smallest absolute Gasteiger partial charge is 0.131 e. The molecule has 1 aliphatic heterocycles. The molecule has 19 heavy (non-hydrogen) atoms. The Bertz CT molecular complexity index is 583. The summed E-state index contributed by atoms with van der Waals surface area (Å²) in [6, 6.07) is 4.31. The number of nitrogens with zero attached hydrogens (tertiary/aromatic N) is 3. The van der Waals surface area contributed by atoms with Gasteiger partial charge in [0.2, 0.25) is 0 Å². The molecule has 0 unspecified atom stereocenters. The van der Waals surface area contributed by atoms with E-state index < -0.39 is 0 Å². The second-order valence-corrected chi connectivity index (χ2v) is 4.90. The molecule has 0 N–H and O–H groups in total. The number of likely N-dealkylation sites (N-methyl/N-ethyl adjacent to an activating group) is 1. The van der Waals surface area contributed by atoms with Crippen molar-refractivity contribution >= 4 is 0 Å². The van der Waals surface area contributed by atoms with Crippen molar-refractivity contribution in [2.75, 3.05) is 20.7 Å². The number of hydrogen-bond acceptors (Lipinski definition) is 4. The zero-order valence-electron chi connectivity index (χ0n) is 11.3. The second kappa shape index (κ2) is 4.97. The van der Waals surface area contributed by atoms with Gasteiger partial charge in [-0.3, -0.25) is 0 Å². The Kier molecular flexibility index (Phi) is 3.17. The minimum Gasteiger partial charge on any atom is -0.496 e. The fourth-order valence-electron chi connectivity index (χ4n) is 2.64. The Morgan fingerprint density at radius 2 is 2.00 bits per heavy atom. The van der Waals surface area contributed by atoms with Gasteiger partial charge in [-0.1, -0.05) is 12.1 Å². The molecular formula is C15H17N3O. The van der Waals surface area contributed by atoms with Gasteiger partial charge in [-0.25, -0.2) is 9.97 Å². The lowest BCUT2D eigenvalue weighted by molar-refractivity contribution is 0.302. The van der Waals surface area contributed by atoms with E-state index in [1.54, 1.807) is 13.4 Å². The summed E-state index contributed by atoms with van der Waals surface area (Å²) in [6.07, 6.45) is 6.27. The molecule has 0 bridgehead atoms. The Morgan fingerprint density at radius 1 is 1.21 bits per heavy atom. The molecule has 0 aliphatic carbocycles. The molecule has 4 nitrogen and oxygen atoms in total. The van der Waals surface area contributed by atoms with E-state index >= 15 is 0 Å². The van der Waals surface area contributed by atoms with Crippen molar-refractivity contribution in [3.8, 4) is 16.9 Å². The molecule has 98 valence electrons. The molecule has 0 radical (unpaired) electrons. The van der Waals surface area contributed by atoms with Crippen molar-refractivity contribution < 1.29 is 4.74 Å². The van der Waals surface area contributed by atoms with Crippen LogP contribution in [0, 0.1) is 0 Å². The monoisotopic (exact) mass is 255 g/mol. The SMILES string of the molecule is COc1c(-c2cncnc2)ccc2c1CN(C)CC2. The van der Waals surface area contributed by atoms with Crippen molar-refractivity contribution in [3.63, 3.8) is 0 Å². The summed E-state index contributed by atoms with van der Waals surface area (Å²) in [5.74, 6) is 0.957. The van der Waals surface area contributed by atoms with E-state index in [-0.39, 0.29) is 0 Å². The van der Waals surface area contributed by atoms with E-state index in [9.17, 15) is 0 Å². The molecule has 0 fully saturated rings. The number of hydrogen-bond donors (Lipinski definition) is 0. The summed E-state index contributed by atoms with van der Waals surface area (Å²) in [7, 11) is 3.87. The minimum absolute atomic E-state index is 0.931. The quantitative estimate of drug-likeness (QED) is 0.824. The van der Waals surface area contributed by atoms with Gasteiger partial charge in [0, 0.05) is 42.2 Å². The molecular weight excluding hydrogens is 238 g/mol. The molecule has 0 saturated carbocycles. The van der Waals surface area contributed by atoms with Crippen LogP contribution in [0.3, 0.4) is 0 Å². The number of fused-ring (bicyclic) bond motifs is 1. The van der Waals surface area contributed by atoms with Crippen molar-refractivity contribution in [1.82, 2.24) is 14.9 Å². The lowest BCUT2D eigenvalue weighted by Gasteiger charge is -2.27. The van der Waals surface area contributed by atoms with E-state index in [4.69, 9.17) is 4.74 Å². The molecule has 0 amide bonds. The predicted molar refractivity (Wildman–Crippen MR) is 74.1 cm³/mol. The summed E-state index contributed by atoms with van der Waals surface area (Å²) in [4.78, 5) is 10.5. The van der Waals surface area contributed by atoms with E-state index in [1.165, 1.54) is 11.1 Å². The molecule has 1 aliphatic rings. The van der Waals surface area contributed by atoms with Crippen LogP contribution in [-0.4, -0.2) is 35.6 Å². The highest BCUT2D eigenvalue weighted by Crippen LogP contribution is 2.36. The molecule has 2 heterocycles. The van der Waals surface area contributed by atoms with Gasteiger partial charge in [0.05, 0.1) is 7.11 Å². The van der Waals surface area contributed by atoms with Crippen LogP contribution in [-0.2, 0) is 13.0 Å². The van der Waals surface area contributed by atoms with Crippen LogP contribution in [0.2, 0.25) is 0 Å². The molecule has 2 aromatic rings. The Hall–Kier alpha value is -1.94. The Balaban J connectivity index is 2.14. The standard InChI is InChI=1S/C15H17N3O/c1-18-6-5-11-3-4-13(12-7-16-10-17-8-12)15(19-2)14(11)9-18/h3-4,7-8,10H,5-6,9H2,1-2H3. The van der Waals surface area contributed by atoms with E-state index in [0.717, 1.165) is 36.4 Å². The van der Waals surface area contributed by atoms with Crippen molar-refractivity contribution in [3.05, 3.63) is 42.0 Å². The average Bonchev–Trinajstić information content (AvgIpc) is 2.46. The highest BCUT2D eigenvalue weighted by Gasteiger charge is 2.20. The highest BCUT2D eigenvalue weighted by atomic mass is 16.5. The topological polar surface area (TPSA) is 38.3 Å². The van der Waals surface area contributed by atoms with Gasteiger partial charge >= 0.3 is 0 Å². The zero-order valence-corrected chi connectivity index (χ0v) is 11.3. The normalized spacial score (nSPS) is 15.1. The summed E-state index contributed by atoms with van der Waals surface area (Å²) in [5, 5.41) is 0. The van der Waals surface area contributed by atoms with Crippen LogP contribution in [0.25, 0.3) is 11.1 Å². The maximum atomic E-state index is 5.66. The lowest BCUT2D eigenvalue weighted by Crippen LogP contribution is -2.27. The van der Waals surface area contributed by atoms with Crippen LogP contribution in [0.5, 0.6) is 5.75 Å². The highest BCUT2D eigenvalue weighted by molar-refractivity contribution is 5.72. The van der Waals surface area contributed by atoms with Crippen molar-refractivity contribution in [2.45, 2.75) is 13.0 Å². The van der Waals surface area contributed by atoms with Gasteiger partial charge in [-0.05, 0) is 19.0 Å². The lowest BCUT2D eigenvalue weighted by atomic mass is 9.94. The summed E-state index contributed by atoms with van der Waals surface area (Å²) >= 11 is 0. The zero-order chi connectivity index (χ0) is 13.2. The third-order valence-corrected chi connectivity index (χ3v) is 3.62. The largest absolute Gasteiger partial charge is 0.496 e. The van der Waals surface area contributed by atoms with Crippen LogP contribution >= 0.6 is 0 Å². The number of rotatable bonds is 2. The number of aromatic nitrogens is 2. The second-order valence-electron chi connectivity index (χ2n) is 4.90. The summed E-state index contributed by atoms with van der Waals surface area (Å²) in [5.41, 5.74) is 4.74. The fourth-order valence-corrected chi connectivity index (χ4v) is 2.64. The molecule has 1 aromatic heterocycles. The van der Waals surface area contributed by atoms with Crippen molar-refractivity contribution in [2.24, 2.45) is 0 Å². The minimum atomic E-state index is 0.931. The van der Waals surface area contributed by atoms with Gasteiger partial charge in [0.15, 0.2) is 0 Å². The third kappa shape index (κ3) is 2.19. The summed E-state index contributed by atoms with van der Waals surface area (Å²) < 4.78 is 5.66. The third-order valence-electron chi connectivity index (χ3n) is 3.62. The van der Waals surface area contributed by atoms with Gasteiger partial charge in [-0.2, -0.15) is 0 Å². The first kappa shape index (κ1) is 12.1. The predicted octanol–water partition coefficient (Wildman–Crippen LogP) is 2.14. The summed E-state index contributed by atoms with van der Waals surface area (Å²) in [6.45, 7) is 2.03. The first-order chi connectivity index (χ1) is 9.29. The first-order valence-corrected chi connectivity index (χ1v) is 6.42. The van der Waals surface area contributed by atoms with E-state index in [0.29, 0.717) is 0 Å². The number of methoxy groups -OCH3 is 1. The van der Waals surface area contributed by atoms with Gasteiger partial charge in [0.1, 0.15) is 12.1 Å². The Morgan fingerprint density at radius 3 is 2.74 bits per heavy atom. The molecule has 0 saturated heterocycles. The van der Waals surface area contributed by atoms with Crippen molar-refractivity contribution in [1.29, 1.82) is 0 Å². The maximum absolute atomic E-state index is 5.66. The average molecular weight is 255 g/mol. The fraction of sp³-hybridized carbons (Fsp3) is 0.333. The maximum Gasteiger partial charge on any atom is 0.131 e. The molecule has 1 aromatic carbocycles. The van der Waals surface area contributed by atoms with Crippen LogP contribution < -0.4 is 4.74 Å². The molecule has 4 heteroatoms. The first-order valence-electron chi connectivity index (χ1n) is 6.42. The van der Waals surface area contributed by atoms with E-state index in [1.807, 2.05) is 12.4 Å². The number of ether oxygens (including phenoxy) is 1. The molecule has 0 atom stereocenters. The molecule has 3 rings (SSSR count). The van der Waals surface area contributed by atoms with Gasteiger partial charge in [0.25, 0.3) is 0 Å². The molecule has 0 spiro atoms. The van der Waals surface area contributed by atoms with E-state index in [2.05, 4.69) is 34.0 Å². The van der Waals surface area contributed by atoms with Crippen LogP contribution in [0.15, 0.2) is 30.9 Å². The Labute approximate surface area is 113 Å². The number of benzene rings is 1. The van der Waals surface area contributed by atoms with Crippen LogP contribution in [0.4, 0.5) is 0 Å². The van der Waals surface area contributed by atoms with Crippen LogP contribution in [0.1, 0.15) is 11.1 Å².